The van der Waals surface area contributed by atoms with Gasteiger partial charge in [-0.1, -0.05) is 6.08 Å². The Hall–Kier alpha value is 0.140. The molecule has 0 aliphatic heterocycles. The van der Waals surface area contributed by atoms with Crippen molar-refractivity contribution in [2.24, 2.45) is 0 Å². The molecule has 0 N–H and O–H groups in total. The second-order valence-corrected chi connectivity index (χ2v) is 3.23. The lowest BCUT2D eigenvalue weighted by atomic mass is 10.5. The smallest absolute Gasteiger partial charge is 0.156 e. The van der Waals surface area contributed by atoms with Crippen molar-refractivity contribution in [2.75, 3.05) is 18.2 Å². The molecule has 4 heteroatoms. The average Bonchev–Trinajstić information content (AvgIpc) is 1.89. The van der Waals surface area contributed by atoms with E-state index in [0.29, 0.717) is 18.2 Å². The van der Waals surface area contributed by atoms with Crippen LogP contribution in [0.4, 0.5) is 0 Å². The molecule has 0 aliphatic rings. The van der Waals surface area contributed by atoms with Crippen LogP contribution in [0.3, 0.4) is 0 Å². The van der Waals surface area contributed by atoms with Gasteiger partial charge in [0.15, 0.2) is 11.1 Å². The first-order valence-electron chi connectivity index (χ1n) is 2.99. The van der Waals surface area contributed by atoms with Crippen molar-refractivity contribution < 1.29 is 8.39 Å². The monoisotopic (exact) mass is 182 g/mol. The minimum atomic E-state index is -1.20. The molecular formula is C6H11ClO2S. The molecule has 0 aromatic heterocycles. The summed E-state index contributed by atoms with van der Waals surface area (Å²) in [7, 11) is 0. The van der Waals surface area contributed by atoms with Gasteiger partial charge >= 0.3 is 0 Å². The summed E-state index contributed by atoms with van der Waals surface area (Å²) in [6.07, 6.45) is 2.45. The molecule has 0 spiro atoms. The van der Waals surface area contributed by atoms with E-state index in [9.17, 15) is 4.21 Å². The molecule has 0 bridgehead atoms. The Balaban J connectivity index is 3.13. The van der Waals surface area contributed by atoms with Crippen LogP contribution in [0.1, 0.15) is 6.42 Å². The summed E-state index contributed by atoms with van der Waals surface area (Å²) in [6, 6.07) is 0. The van der Waals surface area contributed by atoms with E-state index < -0.39 is 11.1 Å². The zero-order valence-electron chi connectivity index (χ0n) is 5.72. The predicted octanol–water partition coefficient (Wildman–Crippen LogP) is 1.48. The molecule has 1 atom stereocenters. The molecule has 0 radical (unpaired) electrons. The Morgan fingerprint density at radius 2 is 2.40 bits per heavy atom. The van der Waals surface area contributed by atoms with Crippen LogP contribution >= 0.6 is 11.6 Å². The van der Waals surface area contributed by atoms with Gasteiger partial charge in [-0.05, 0) is 6.42 Å². The molecule has 0 rings (SSSR count). The molecule has 0 aliphatic carbocycles. The normalized spacial score (nSPS) is 12.9. The van der Waals surface area contributed by atoms with Crippen molar-refractivity contribution in [1.82, 2.24) is 0 Å². The Bertz CT molecular complexity index is 116. The average molecular weight is 183 g/mol. The van der Waals surface area contributed by atoms with E-state index >= 15 is 0 Å². The number of alkyl halides is 1. The van der Waals surface area contributed by atoms with E-state index in [4.69, 9.17) is 15.8 Å². The summed E-state index contributed by atoms with van der Waals surface area (Å²) in [5.41, 5.74) is 0. The van der Waals surface area contributed by atoms with E-state index in [0.717, 1.165) is 6.42 Å². The maximum Gasteiger partial charge on any atom is 0.156 e. The lowest BCUT2D eigenvalue weighted by Crippen LogP contribution is -2.03. The van der Waals surface area contributed by atoms with Crippen molar-refractivity contribution in [1.29, 1.82) is 0 Å². The van der Waals surface area contributed by atoms with E-state index in [2.05, 4.69) is 6.58 Å². The molecule has 0 amide bonds. The fourth-order valence-electron chi connectivity index (χ4n) is 0.346. The van der Waals surface area contributed by atoms with Crippen LogP contribution in [0.5, 0.6) is 0 Å². The molecule has 0 aromatic carbocycles. The van der Waals surface area contributed by atoms with Crippen LogP contribution in [-0.4, -0.2) is 22.4 Å². The summed E-state index contributed by atoms with van der Waals surface area (Å²) in [5.74, 6) is 0.777. The first-order chi connectivity index (χ1) is 4.81. The Morgan fingerprint density at radius 1 is 1.70 bits per heavy atom. The maximum absolute atomic E-state index is 10.7. The first-order valence-corrected chi connectivity index (χ1v) is 4.77. The molecule has 60 valence electrons. The summed E-state index contributed by atoms with van der Waals surface area (Å²) >= 11 is 4.11. The van der Waals surface area contributed by atoms with Gasteiger partial charge in [0, 0.05) is 5.88 Å². The van der Waals surface area contributed by atoms with Crippen molar-refractivity contribution in [3.63, 3.8) is 0 Å². The van der Waals surface area contributed by atoms with Crippen LogP contribution in [0.15, 0.2) is 12.7 Å². The van der Waals surface area contributed by atoms with Gasteiger partial charge < -0.3 is 0 Å². The third-order valence-corrected chi connectivity index (χ3v) is 2.16. The van der Waals surface area contributed by atoms with Crippen LogP contribution in [0.25, 0.3) is 0 Å². The fraction of sp³-hybridized carbons (Fsp3) is 0.667. The number of hydrogen-bond acceptors (Lipinski definition) is 2. The molecule has 0 fully saturated rings. The third-order valence-electron chi connectivity index (χ3n) is 0.781. The van der Waals surface area contributed by atoms with Crippen molar-refractivity contribution >= 4 is 22.7 Å². The molecule has 10 heavy (non-hydrogen) atoms. The molecule has 2 nitrogen and oxygen atoms in total. The molecular weight excluding hydrogens is 172 g/mol. The molecule has 0 heterocycles. The minimum Gasteiger partial charge on any atom is -0.290 e. The zero-order valence-corrected chi connectivity index (χ0v) is 7.29. The quantitative estimate of drug-likeness (QED) is 0.354. The van der Waals surface area contributed by atoms with Gasteiger partial charge in [0.1, 0.15) is 0 Å². The SMILES string of the molecule is C=CCCOS(=O)CCCl. The highest BCUT2D eigenvalue weighted by atomic mass is 35.5. The summed E-state index contributed by atoms with van der Waals surface area (Å²) in [5, 5.41) is 0. The van der Waals surface area contributed by atoms with Crippen LogP contribution in [0, 0.1) is 0 Å². The molecule has 1 unspecified atom stereocenters. The predicted molar refractivity (Wildman–Crippen MR) is 44.5 cm³/mol. The van der Waals surface area contributed by atoms with Crippen LogP contribution in [0.2, 0.25) is 0 Å². The second kappa shape index (κ2) is 7.25. The third kappa shape index (κ3) is 6.26. The standard InChI is InChI=1S/C6H11ClO2S/c1-2-3-5-9-10(8)6-4-7/h2H,1,3-6H2. The lowest BCUT2D eigenvalue weighted by Gasteiger charge is -1.97. The molecule has 0 saturated heterocycles. The van der Waals surface area contributed by atoms with E-state index in [1.807, 2.05) is 0 Å². The maximum atomic E-state index is 10.7. The Morgan fingerprint density at radius 3 is 2.90 bits per heavy atom. The van der Waals surface area contributed by atoms with Gasteiger partial charge in [-0.25, -0.2) is 4.21 Å². The zero-order chi connectivity index (χ0) is 7.82. The van der Waals surface area contributed by atoms with E-state index in [-0.39, 0.29) is 0 Å². The van der Waals surface area contributed by atoms with Gasteiger partial charge in [-0.2, -0.15) is 0 Å². The minimum absolute atomic E-state index is 0.376. The number of hydrogen-bond donors (Lipinski definition) is 0. The number of rotatable bonds is 6. The van der Waals surface area contributed by atoms with Crippen LogP contribution in [-0.2, 0) is 15.3 Å². The highest BCUT2D eigenvalue weighted by molar-refractivity contribution is 7.80. The van der Waals surface area contributed by atoms with Crippen molar-refractivity contribution in [3.05, 3.63) is 12.7 Å². The highest BCUT2D eigenvalue weighted by Gasteiger charge is 1.95. The lowest BCUT2D eigenvalue weighted by molar-refractivity contribution is 0.356. The second-order valence-electron chi connectivity index (χ2n) is 1.60. The van der Waals surface area contributed by atoms with Gasteiger partial charge in [0.05, 0.1) is 12.4 Å². The van der Waals surface area contributed by atoms with Gasteiger partial charge in [-0.3, -0.25) is 4.18 Å². The van der Waals surface area contributed by atoms with Crippen molar-refractivity contribution in [2.45, 2.75) is 6.42 Å². The van der Waals surface area contributed by atoms with E-state index in [1.54, 1.807) is 6.08 Å². The topological polar surface area (TPSA) is 26.3 Å². The first kappa shape index (κ1) is 10.1. The van der Waals surface area contributed by atoms with Gasteiger partial charge in [-0.15, -0.1) is 18.2 Å². The highest BCUT2D eigenvalue weighted by Crippen LogP contribution is 1.90. The number of halogens is 1. The molecule has 0 saturated carbocycles. The van der Waals surface area contributed by atoms with E-state index in [1.165, 1.54) is 0 Å². The Kier molecular flexibility index (Phi) is 7.35. The van der Waals surface area contributed by atoms with Gasteiger partial charge in [0.2, 0.25) is 0 Å². The Labute approximate surface area is 68.9 Å². The van der Waals surface area contributed by atoms with Crippen LogP contribution < -0.4 is 0 Å². The summed E-state index contributed by atoms with van der Waals surface area (Å²) < 4.78 is 15.5. The van der Waals surface area contributed by atoms with Crippen molar-refractivity contribution in [3.8, 4) is 0 Å². The van der Waals surface area contributed by atoms with Gasteiger partial charge in [0.25, 0.3) is 0 Å². The largest absolute Gasteiger partial charge is 0.290 e. The summed E-state index contributed by atoms with van der Waals surface area (Å²) in [4.78, 5) is 0. The molecule has 0 aromatic rings. The summed E-state index contributed by atoms with van der Waals surface area (Å²) in [6.45, 7) is 3.96. The fourth-order valence-corrected chi connectivity index (χ4v) is 1.25.